The number of benzene rings is 3. The highest BCUT2D eigenvalue weighted by atomic mass is 19.1. The van der Waals surface area contributed by atoms with E-state index in [0.717, 1.165) is 69.5 Å². The molecule has 1 aliphatic rings. The fraction of sp³-hybridized carbons (Fsp3) is 0.379. The van der Waals surface area contributed by atoms with E-state index in [9.17, 15) is 13.9 Å². The lowest BCUT2D eigenvalue weighted by Crippen LogP contribution is -2.31. The number of aromatic hydroxyl groups is 1. The van der Waals surface area contributed by atoms with E-state index < -0.39 is 0 Å². The minimum absolute atomic E-state index is 0.146. The Labute approximate surface area is 201 Å². The zero-order valence-corrected chi connectivity index (χ0v) is 19.6. The topological polar surface area (TPSA) is 32.7 Å². The molecule has 0 aromatic heterocycles. The van der Waals surface area contributed by atoms with Crippen molar-refractivity contribution in [2.75, 3.05) is 13.1 Å². The molecule has 3 nitrogen and oxygen atoms in total. The number of hydrogen-bond acceptors (Lipinski definition) is 3. The third-order valence-corrected chi connectivity index (χ3v) is 6.53. The molecule has 3 aromatic carbocycles. The number of fused-ring (bicyclic) bond motifs is 1. The van der Waals surface area contributed by atoms with E-state index in [1.165, 1.54) is 29.8 Å². The van der Waals surface area contributed by atoms with Crippen molar-refractivity contribution >= 4 is 0 Å². The van der Waals surface area contributed by atoms with Gasteiger partial charge in [-0.05, 0) is 98.2 Å². The van der Waals surface area contributed by atoms with Gasteiger partial charge in [-0.2, -0.15) is 0 Å². The highest BCUT2D eigenvalue weighted by Crippen LogP contribution is 2.29. The molecule has 4 rings (SSSR count). The standard InChI is InChI=1S/C29H33F2NO2/c30-25-11-14-28(33)23(19-25)9-5-2-6-17-32(21-22-7-3-1-4-8-22)18-16-27-13-10-24-20-26(31)12-15-29(24)34-27/h1,3-4,7-8,11-12,14-15,19-20,27,33H,2,5-6,9-10,13,16-18,21H2. The third kappa shape index (κ3) is 7.04. The van der Waals surface area contributed by atoms with Gasteiger partial charge in [-0.25, -0.2) is 8.78 Å². The second-order valence-electron chi connectivity index (χ2n) is 9.16. The first kappa shape index (κ1) is 24.2. The van der Waals surface area contributed by atoms with Crippen molar-refractivity contribution in [1.82, 2.24) is 4.90 Å². The molecule has 0 bridgehead atoms. The van der Waals surface area contributed by atoms with E-state index in [4.69, 9.17) is 4.74 Å². The summed E-state index contributed by atoms with van der Waals surface area (Å²) in [6.45, 7) is 2.79. The first-order valence-corrected chi connectivity index (χ1v) is 12.3. The fourth-order valence-corrected chi connectivity index (χ4v) is 4.64. The van der Waals surface area contributed by atoms with Gasteiger partial charge >= 0.3 is 0 Å². The molecule has 1 atom stereocenters. The predicted molar refractivity (Wildman–Crippen MR) is 131 cm³/mol. The average molecular weight is 466 g/mol. The second kappa shape index (κ2) is 12.0. The molecule has 0 aliphatic carbocycles. The van der Waals surface area contributed by atoms with Crippen molar-refractivity contribution in [3.8, 4) is 11.5 Å². The van der Waals surface area contributed by atoms with Crippen molar-refractivity contribution in [3.05, 3.63) is 95.1 Å². The first-order valence-electron chi connectivity index (χ1n) is 12.3. The number of nitrogens with zero attached hydrogens (tertiary/aromatic N) is 1. The van der Waals surface area contributed by atoms with Gasteiger partial charge in [0.1, 0.15) is 29.2 Å². The maximum absolute atomic E-state index is 13.5. The molecule has 0 saturated carbocycles. The van der Waals surface area contributed by atoms with Crippen molar-refractivity contribution < 1.29 is 18.6 Å². The maximum Gasteiger partial charge on any atom is 0.123 e. The Morgan fingerprint density at radius 3 is 2.53 bits per heavy atom. The number of phenols is 1. The normalized spacial score (nSPS) is 15.2. The van der Waals surface area contributed by atoms with Crippen LogP contribution in [-0.2, 0) is 19.4 Å². The zero-order valence-electron chi connectivity index (χ0n) is 19.6. The summed E-state index contributed by atoms with van der Waals surface area (Å²) in [5.74, 6) is 0.471. The van der Waals surface area contributed by atoms with Crippen LogP contribution in [0.1, 0.15) is 48.8 Å². The molecule has 180 valence electrons. The monoisotopic (exact) mass is 465 g/mol. The Hall–Kier alpha value is -2.92. The van der Waals surface area contributed by atoms with Crippen molar-refractivity contribution in [1.29, 1.82) is 0 Å². The molecule has 1 heterocycles. The Balaban J connectivity index is 1.27. The van der Waals surface area contributed by atoms with Gasteiger partial charge in [-0.3, -0.25) is 4.90 Å². The van der Waals surface area contributed by atoms with Gasteiger partial charge < -0.3 is 9.84 Å². The quantitative estimate of drug-likeness (QED) is 0.321. The summed E-state index contributed by atoms with van der Waals surface area (Å²) >= 11 is 0. The molecule has 0 fully saturated rings. The minimum atomic E-state index is -0.306. The van der Waals surface area contributed by atoms with E-state index in [0.29, 0.717) is 12.0 Å². The van der Waals surface area contributed by atoms with Crippen molar-refractivity contribution in [2.24, 2.45) is 0 Å². The lowest BCUT2D eigenvalue weighted by atomic mass is 10.00. The van der Waals surface area contributed by atoms with Gasteiger partial charge in [-0.1, -0.05) is 36.8 Å². The van der Waals surface area contributed by atoms with Crippen LogP contribution in [0.5, 0.6) is 11.5 Å². The van der Waals surface area contributed by atoms with E-state index >= 15 is 0 Å². The summed E-state index contributed by atoms with van der Waals surface area (Å²) in [5, 5.41) is 9.91. The fourth-order valence-electron chi connectivity index (χ4n) is 4.64. The van der Waals surface area contributed by atoms with E-state index in [2.05, 4.69) is 29.2 Å². The lowest BCUT2D eigenvalue weighted by Gasteiger charge is -2.29. The zero-order chi connectivity index (χ0) is 23.8. The Morgan fingerprint density at radius 2 is 1.68 bits per heavy atom. The van der Waals surface area contributed by atoms with Crippen molar-refractivity contribution in [2.45, 2.75) is 57.6 Å². The number of aryl methyl sites for hydroxylation is 2. The van der Waals surface area contributed by atoms with Gasteiger partial charge in [-0.15, -0.1) is 0 Å². The minimum Gasteiger partial charge on any atom is -0.508 e. The molecule has 5 heteroatoms. The number of unbranched alkanes of at least 4 members (excludes halogenated alkanes) is 2. The molecular weight excluding hydrogens is 432 g/mol. The van der Waals surface area contributed by atoms with Gasteiger partial charge in [0.05, 0.1) is 0 Å². The number of phenolic OH excluding ortho intramolecular Hbond substituents is 1. The van der Waals surface area contributed by atoms with E-state index in [1.54, 1.807) is 12.1 Å². The highest BCUT2D eigenvalue weighted by Gasteiger charge is 2.21. The summed E-state index contributed by atoms with van der Waals surface area (Å²) < 4.78 is 33.0. The number of rotatable bonds is 11. The molecular formula is C29H33F2NO2. The number of ether oxygens (including phenoxy) is 1. The van der Waals surface area contributed by atoms with E-state index in [1.807, 2.05) is 6.07 Å². The van der Waals surface area contributed by atoms with Crippen molar-refractivity contribution in [3.63, 3.8) is 0 Å². The predicted octanol–water partition coefficient (Wildman–Crippen LogP) is 6.67. The molecule has 0 amide bonds. The third-order valence-electron chi connectivity index (χ3n) is 6.53. The molecule has 3 aromatic rings. The van der Waals surface area contributed by atoms with Crippen LogP contribution in [0, 0.1) is 11.6 Å². The Kier molecular flexibility index (Phi) is 8.53. The molecule has 0 spiro atoms. The first-order chi connectivity index (χ1) is 16.6. The van der Waals surface area contributed by atoms with Gasteiger partial charge in [0, 0.05) is 13.1 Å². The Bertz CT molecular complexity index is 1060. The second-order valence-corrected chi connectivity index (χ2v) is 9.16. The van der Waals surface area contributed by atoms with Crippen LogP contribution in [-0.4, -0.2) is 29.2 Å². The summed E-state index contributed by atoms with van der Waals surface area (Å²) in [4.78, 5) is 2.47. The smallest absolute Gasteiger partial charge is 0.123 e. The summed E-state index contributed by atoms with van der Waals surface area (Å²) in [7, 11) is 0. The van der Waals surface area contributed by atoms with Crippen LogP contribution >= 0.6 is 0 Å². The molecule has 34 heavy (non-hydrogen) atoms. The maximum atomic E-state index is 13.5. The summed E-state index contributed by atoms with van der Waals surface area (Å²) in [6.07, 6.45) is 6.48. The van der Waals surface area contributed by atoms with Crippen LogP contribution in [0.3, 0.4) is 0 Å². The number of hydrogen-bond donors (Lipinski definition) is 1. The van der Waals surface area contributed by atoms with Gasteiger partial charge in [0.25, 0.3) is 0 Å². The SMILES string of the molecule is Oc1ccc(F)cc1CCCCCN(CCC1CCc2cc(F)ccc2O1)Cc1ccccc1. The van der Waals surface area contributed by atoms with E-state index in [-0.39, 0.29) is 23.5 Å². The van der Waals surface area contributed by atoms with Gasteiger partial charge in [0.2, 0.25) is 0 Å². The summed E-state index contributed by atoms with van der Waals surface area (Å²) in [5.41, 5.74) is 2.93. The van der Waals surface area contributed by atoms with Crippen LogP contribution in [0.15, 0.2) is 66.7 Å². The molecule has 0 radical (unpaired) electrons. The van der Waals surface area contributed by atoms with Crippen LogP contribution in [0.2, 0.25) is 0 Å². The molecule has 1 N–H and O–H groups in total. The van der Waals surface area contributed by atoms with Crippen LogP contribution < -0.4 is 4.74 Å². The largest absolute Gasteiger partial charge is 0.508 e. The molecule has 1 unspecified atom stereocenters. The summed E-state index contributed by atoms with van der Waals surface area (Å²) in [6, 6.07) is 19.4. The van der Waals surface area contributed by atoms with Crippen LogP contribution in [0.25, 0.3) is 0 Å². The number of halogens is 2. The molecule has 0 saturated heterocycles. The van der Waals surface area contributed by atoms with Gasteiger partial charge in [0.15, 0.2) is 0 Å². The average Bonchev–Trinajstić information content (AvgIpc) is 2.84. The highest BCUT2D eigenvalue weighted by molar-refractivity contribution is 5.36. The lowest BCUT2D eigenvalue weighted by molar-refractivity contribution is 0.137. The molecule has 1 aliphatic heterocycles. The Morgan fingerprint density at radius 1 is 0.882 bits per heavy atom. The van der Waals surface area contributed by atoms with Crippen LogP contribution in [0.4, 0.5) is 8.78 Å².